The van der Waals surface area contributed by atoms with Crippen LogP contribution in [0.2, 0.25) is 0 Å². The van der Waals surface area contributed by atoms with Crippen molar-refractivity contribution < 1.29 is 4.79 Å². The maximum Gasteiger partial charge on any atom is 0.237 e. The Hall–Kier alpha value is -1.36. The van der Waals surface area contributed by atoms with Crippen LogP contribution in [-0.4, -0.2) is 52.8 Å². The molecule has 0 N–H and O–H groups in total. The van der Waals surface area contributed by atoms with Crippen molar-refractivity contribution in [3.8, 4) is 0 Å². The topological polar surface area (TPSA) is 49.3 Å². The van der Waals surface area contributed by atoms with Crippen LogP contribution in [0.5, 0.6) is 0 Å². The molecule has 1 saturated heterocycles. The Kier molecular flexibility index (Phi) is 3.78. The molecule has 92 valence electrons. The van der Waals surface area contributed by atoms with E-state index in [-0.39, 0.29) is 11.8 Å². The molecule has 0 aromatic carbocycles. The van der Waals surface area contributed by atoms with Crippen LogP contribution >= 0.6 is 11.6 Å². The molecule has 0 aliphatic carbocycles. The van der Waals surface area contributed by atoms with E-state index < -0.39 is 0 Å². The van der Waals surface area contributed by atoms with E-state index in [2.05, 4.69) is 14.9 Å². The number of rotatable bonds is 2. The molecule has 0 saturated carbocycles. The van der Waals surface area contributed by atoms with Crippen LogP contribution in [0.25, 0.3) is 0 Å². The van der Waals surface area contributed by atoms with E-state index >= 15 is 0 Å². The Morgan fingerprint density at radius 3 is 2.53 bits per heavy atom. The summed E-state index contributed by atoms with van der Waals surface area (Å²) in [6.07, 6.45) is 3.38. The number of carbonyl (C=O) groups excluding carboxylic acids is 1. The number of halogens is 1. The number of anilines is 1. The monoisotopic (exact) mass is 254 g/mol. The van der Waals surface area contributed by atoms with Gasteiger partial charge < -0.3 is 9.80 Å². The Balaban J connectivity index is 2.00. The predicted molar refractivity (Wildman–Crippen MR) is 66.3 cm³/mol. The molecule has 5 nitrogen and oxygen atoms in total. The molecule has 1 aliphatic heterocycles. The van der Waals surface area contributed by atoms with Crippen molar-refractivity contribution in [1.29, 1.82) is 0 Å². The van der Waals surface area contributed by atoms with Crippen molar-refractivity contribution in [1.82, 2.24) is 14.9 Å². The van der Waals surface area contributed by atoms with Crippen molar-refractivity contribution in [3.63, 3.8) is 0 Å². The van der Waals surface area contributed by atoms with Gasteiger partial charge in [-0.05, 0) is 6.92 Å². The summed E-state index contributed by atoms with van der Waals surface area (Å²) in [6, 6.07) is 0. The molecule has 2 heterocycles. The fourth-order valence-corrected chi connectivity index (χ4v) is 2.13. The first kappa shape index (κ1) is 12.1. The van der Waals surface area contributed by atoms with Gasteiger partial charge in [0.25, 0.3) is 0 Å². The van der Waals surface area contributed by atoms with Crippen LogP contribution < -0.4 is 4.90 Å². The summed E-state index contributed by atoms with van der Waals surface area (Å²) in [7, 11) is 0. The first-order chi connectivity index (χ1) is 8.22. The summed E-state index contributed by atoms with van der Waals surface area (Å²) in [5, 5.41) is 0. The Labute approximate surface area is 105 Å². The van der Waals surface area contributed by atoms with Gasteiger partial charge in [-0.3, -0.25) is 9.78 Å². The van der Waals surface area contributed by atoms with Gasteiger partial charge >= 0.3 is 0 Å². The lowest BCUT2D eigenvalue weighted by atomic mass is 10.3. The van der Waals surface area contributed by atoms with E-state index in [0.717, 1.165) is 24.6 Å². The average Bonchev–Trinajstić information content (AvgIpc) is 2.39. The van der Waals surface area contributed by atoms with Gasteiger partial charge in [0.1, 0.15) is 11.7 Å². The number of piperazine rings is 1. The molecule has 0 spiro atoms. The van der Waals surface area contributed by atoms with E-state index in [1.165, 1.54) is 0 Å². The number of aryl methyl sites for hydroxylation is 1. The SMILES string of the molecule is Cc1nccnc1N1CCN(C(=O)CCl)CC1. The Bertz CT molecular complexity index is 404. The summed E-state index contributed by atoms with van der Waals surface area (Å²) < 4.78 is 0. The molecule has 1 fully saturated rings. The van der Waals surface area contributed by atoms with Crippen molar-refractivity contribution in [2.75, 3.05) is 37.0 Å². The second kappa shape index (κ2) is 5.31. The van der Waals surface area contributed by atoms with Gasteiger partial charge in [-0.15, -0.1) is 11.6 Å². The number of amides is 1. The van der Waals surface area contributed by atoms with Gasteiger partial charge in [-0.2, -0.15) is 0 Å². The first-order valence-electron chi connectivity index (χ1n) is 5.58. The number of hydrogen-bond donors (Lipinski definition) is 0. The standard InChI is InChI=1S/C11H15ClN4O/c1-9-11(14-3-2-13-9)16-6-4-15(5-7-16)10(17)8-12/h2-3H,4-8H2,1H3. The lowest BCUT2D eigenvalue weighted by Gasteiger charge is -2.35. The highest BCUT2D eigenvalue weighted by atomic mass is 35.5. The summed E-state index contributed by atoms with van der Waals surface area (Å²) in [5.74, 6) is 0.970. The fourth-order valence-electron chi connectivity index (χ4n) is 1.96. The molecule has 0 radical (unpaired) electrons. The minimum Gasteiger partial charge on any atom is -0.352 e. The first-order valence-corrected chi connectivity index (χ1v) is 6.12. The van der Waals surface area contributed by atoms with Crippen LogP contribution in [-0.2, 0) is 4.79 Å². The van der Waals surface area contributed by atoms with Crippen LogP contribution in [0.3, 0.4) is 0 Å². The zero-order chi connectivity index (χ0) is 12.3. The van der Waals surface area contributed by atoms with E-state index in [1.54, 1.807) is 17.3 Å². The molecule has 1 aromatic rings. The summed E-state index contributed by atoms with van der Waals surface area (Å²) in [6.45, 7) is 4.89. The van der Waals surface area contributed by atoms with Crippen LogP contribution in [0.4, 0.5) is 5.82 Å². The number of alkyl halides is 1. The molecule has 0 atom stereocenters. The van der Waals surface area contributed by atoms with Crippen molar-refractivity contribution in [2.24, 2.45) is 0 Å². The highest BCUT2D eigenvalue weighted by Crippen LogP contribution is 2.15. The van der Waals surface area contributed by atoms with Gasteiger partial charge in [0, 0.05) is 38.6 Å². The summed E-state index contributed by atoms with van der Waals surface area (Å²) >= 11 is 5.54. The Morgan fingerprint density at radius 2 is 1.94 bits per heavy atom. The quantitative estimate of drug-likeness (QED) is 0.728. The minimum absolute atomic E-state index is 0.00202. The number of aromatic nitrogens is 2. The summed E-state index contributed by atoms with van der Waals surface area (Å²) in [4.78, 5) is 23.9. The zero-order valence-corrected chi connectivity index (χ0v) is 10.5. The van der Waals surface area contributed by atoms with Gasteiger partial charge in [-0.25, -0.2) is 4.98 Å². The molecular weight excluding hydrogens is 240 g/mol. The Morgan fingerprint density at radius 1 is 1.29 bits per heavy atom. The van der Waals surface area contributed by atoms with Gasteiger partial charge in [0.15, 0.2) is 0 Å². The lowest BCUT2D eigenvalue weighted by molar-refractivity contribution is -0.128. The average molecular weight is 255 g/mol. The van der Waals surface area contributed by atoms with Crippen molar-refractivity contribution in [2.45, 2.75) is 6.92 Å². The van der Waals surface area contributed by atoms with Gasteiger partial charge in [-0.1, -0.05) is 0 Å². The van der Waals surface area contributed by atoms with Crippen LogP contribution in [0.15, 0.2) is 12.4 Å². The molecule has 0 unspecified atom stereocenters. The smallest absolute Gasteiger partial charge is 0.237 e. The normalized spacial score (nSPS) is 16.1. The zero-order valence-electron chi connectivity index (χ0n) is 9.77. The second-order valence-electron chi connectivity index (χ2n) is 3.97. The number of hydrogen-bond acceptors (Lipinski definition) is 4. The summed E-state index contributed by atoms with van der Waals surface area (Å²) in [5.41, 5.74) is 0.921. The molecule has 1 aromatic heterocycles. The van der Waals surface area contributed by atoms with E-state index in [0.29, 0.717) is 13.1 Å². The molecule has 1 aliphatic rings. The minimum atomic E-state index is 0.00202. The van der Waals surface area contributed by atoms with E-state index in [4.69, 9.17) is 11.6 Å². The largest absolute Gasteiger partial charge is 0.352 e. The van der Waals surface area contributed by atoms with E-state index in [9.17, 15) is 4.79 Å². The molecular formula is C11H15ClN4O. The van der Waals surface area contributed by atoms with E-state index in [1.807, 2.05) is 6.92 Å². The third-order valence-electron chi connectivity index (χ3n) is 2.90. The van der Waals surface area contributed by atoms with Crippen molar-refractivity contribution >= 4 is 23.3 Å². The highest BCUT2D eigenvalue weighted by molar-refractivity contribution is 6.27. The van der Waals surface area contributed by atoms with Crippen LogP contribution in [0, 0.1) is 6.92 Å². The predicted octanol–water partition coefficient (Wildman–Crippen LogP) is 0.672. The molecule has 6 heteroatoms. The third kappa shape index (κ3) is 2.66. The highest BCUT2D eigenvalue weighted by Gasteiger charge is 2.22. The number of nitrogens with zero attached hydrogens (tertiary/aromatic N) is 4. The fraction of sp³-hybridized carbons (Fsp3) is 0.545. The molecule has 1 amide bonds. The van der Waals surface area contributed by atoms with Crippen molar-refractivity contribution in [3.05, 3.63) is 18.1 Å². The molecule has 17 heavy (non-hydrogen) atoms. The van der Waals surface area contributed by atoms with Gasteiger partial charge in [0.05, 0.1) is 5.69 Å². The molecule has 2 rings (SSSR count). The molecule has 0 bridgehead atoms. The van der Waals surface area contributed by atoms with Gasteiger partial charge in [0.2, 0.25) is 5.91 Å². The van der Waals surface area contributed by atoms with Crippen LogP contribution in [0.1, 0.15) is 5.69 Å². The lowest BCUT2D eigenvalue weighted by Crippen LogP contribution is -2.49. The second-order valence-corrected chi connectivity index (χ2v) is 4.23. The maximum atomic E-state index is 11.4. The maximum absolute atomic E-state index is 11.4. The third-order valence-corrected chi connectivity index (χ3v) is 3.13. The number of carbonyl (C=O) groups is 1.